The molecule has 0 atom stereocenters. The van der Waals surface area contributed by atoms with Gasteiger partial charge in [-0.2, -0.15) is 0 Å². The Bertz CT molecular complexity index is 471. The molecule has 0 bridgehead atoms. The SMILES string of the molecule is CCN1CCC(CNC(=O)c2cccc(Cl)c2Cl)CC1. The zero-order valence-electron chi connectivity index (χ0n) is 11.7. The number of benzene rings is 1. The van der Waals surface area contributed by atoms with Crippen LogP contribution in [-0.2, 0) is 0 Å². The summed E-state index contributed by atoms with van der Waals surface area (Å²) in [6, 6.07) is 5.12. The molecule has 0 unspecified atom stereocenters. The first-order valence-corrected chi connectivity index (χ1v) is 7.82. The average molecular weight is 315 g/mol. The molecule has 0 spiro atoms. The van der Waals surface area contributed by atoms with Crippen LogP contribution in [0.15, 0.2) is 18.2 Å². The molecule has 0 saturated carbocycles. The maximum Gasteiger partial charge on any atom is 0.252 e. The highest BCUT2D eigenvalue weighted by Gasteiger charge is 2.19. The van der Waals surface area contributed by atoms with E-state index in [9.17, 15) is 4.79 Å². The number of likely N-dealkylation sites (tertiary alicyclic amines) is 1. The standard InChI is InChI=1S/C15H20Cl2N2O/c1-2-19-8-6-11(7-9-19)10-18-15(20)12-4-3-5-13(16)14(12)17/h3-5,11H,2,6-10H2,1H3,(H,18,20). The summed E-state index contributed by atoms with van der Waals surface area (Å²) in [6.45, 7) is 6.24. The molecule has 1 fully saturated rings. The van der Waals surface area contributed by atoms with E-state index in [-0.39, 0.29) is 5.91 Å². The van der Waals surface area contributed by atoms with E-state index in [0.717, 1.165) is 32.5 Å². The van der Waals surface area contributed by atoms with Crippen molar-refractivity contribution in [2.24, 2.45) is 5.92 Å². The number of halogens is 2. The molecule has 0 radical (unpaired) electrons. The summed E-state index contributed by atoms with van der Waals surface area (Å²) in [5.41, 5.74) is 0.449. The van der Waals surface area contributed by atoms with Crippen molar-refractivity contribution in [3.63, 3.8) is 0 Å². The third-order valence-electron chi connectivity index (χ3n) is 3.90. The van der Waals surface area contributed by atoms with Crippen LogP contribution in [0.5, 0.6) is 0 Å². The maximum atomic E-state index is 12.1. The Hall–Kier alpha value is -0.770. The quantitative estimate of drug-likeness (QED) is 0.923. The summed E-state index contributed by atoms with van der Waals surface area (Å²) in [4.78, 5) is 14.6. The maximum absolute atomic E-state index is 12.1. The number of amides is 1. The van der Waals surface area contributed by atoms with Gasteiger partial charge in [-0.3, -0.25) is 4.79 Å². The fraction of sp³-hybridized carbons (Fsp3) is 0.533. The molecule has 2 rings (SSSR count). The van der Waals surface area contributed by atoms with E-state index in [2.05, 4.69) is 17.1 Å². The number of hydrogen-bond acceptors (Lipinski definition) is 2. The van der Waals surface area contributed by atoms with Crippen molar-refractivity contribution in [2.75, 3.05) is 26.2 Å². The van der Waals surface area contributed by atoms with Crippen LogP contribution in [0.25, 0.3) is 0 Å². The van der Waals surface area contributed by atoms with Gasteiger partial charge in [-0.25, -0.2) is 0 Å². The minimum atomic E-state index is -0.143. The average Bonchev–Trinajstić information content (AvgIpc) is 2.48. The van der Waals surface area contributed by atoms with Crippen molar-refractivity contribution in [1.82, 2.24) is 10.2 Å². The van der Waals surface area contributed by atoms with Gasteiger partial charge < -0.3 is 10.2 Å². The van der Waals surface area contributed by atoms with Crippen LogP contribution < -0.4 is 5.32 Å². The highest BCUT2D eigenvalue weighted by molar-refractivity contribution is 6.43. The molecule has 110 valence electrons. The zero-order valence-corrected chi connectivity index (χ0v) is 13.2. The minimum absolute atomic E-state index is 0.143. The molecule has 1 saturated heterocycles. The van der Waals surface area contributed by atoms with Crippen LogP contribution in [-0.4, -0.2) is 37.0 Å². The molecule has 0 aromatic heterocycles. The highest BCUT2D eigenvalue weighted by Crippen LogP contribution is 2.25. The molecule has 1 amide bonds. The monoisotopic (exact) mass is 314 g/mol. The van der Waals surface area contributed by atoms with Gasteiger partial charge in [0, 0.05) is 6.54 Å². The normalized spacial score (nSPS) is 17.1. The summed E-state index contributed by atoms with van der Waals surface area (Å²) in [6.07, 6.45) is 2.27. The lowest BCUT2D eigenvalue weighted by atomic mass is 9.97. The highest BCUT2D eigenvalue weighted by atomic mass is 35.5. The third kappa shape index (κ3) is 3.87. The number of hydrogen-bond donors (Lipinski definition) is 1. The number of nitrogens with one attached hydrogen (secondary N) is 1. The van der Waals surface area contributed by atoms with Crippen molar-refractivity contribution >= 4 is 29.1 Å². The number of rotatable bonds is 4. The van der Waals surface area contributed by atoms with Crippen LogP contribution in [0.3, 0.4) is 0 Å². The van der Waals surface area contributed by atoms with Gasteiger partial charge in [0.1, 0.15) is 0 Å². The lowest BCUT2D eigenvalue weighted by Gasteiger charge is -2.31. The molecule has 20 heavy (non-hydrogen) atoms. The molecule has 1 aliphatic heterocycles. The summed E-state index contributed by atoms with van der Waals surface area (Å²) < 4.78 is 0. The van der Waals surface area contributed by atoms with Gasteiger partial charge in [-0.1, -0.05) is 36.2 Å². The van der Waals surface area contributed by atoms with Crippen molar-refractivity contribution in [3.05, 3.63) is 33.8 Å². The van der Waals surface area contributed by atoms with Crippen molar-refractivity contribution in [3.8, 4) is 0 Å². The summed E-state index contributed by atoms with van der Waals surface area (Å²) in [5, 5.41) is 3.71. The van der Waals surface area contributed by atoms with Crippen LogP contribution in [0, 0.1) is 5.92 Å². The predicted molar refractivity (Wildman–Crippen MR) is 83.6 cm³/mol. The zero-order chi connectivity index (χ0) is 14.5. The summed E-state index contributed by atoms with van der Waals surface area (Å²) in [7, 11) is 0. The summed E-state index contributed by atoms with van der Waals surface area (Å²) in [5.74, 6) is 0.412. The van der Waals surface area contributed by atoms with Crippen LogP contribution in [0.2, 0.25) is 10.0 Å². The molecule has 1 aliphatic rings. The van der Waals surface area contributed by atoms with E-state index in [1.54, 1.807) is 18.2 Å². The second kappa shape index (κ2) is 7.30. The number of piperidine rings is 1. The number of carbonyl (C=O) groups is 1. The van der Waals surface area contributed by atoms with E-state index in [1.165, 1.54) is 0 Å². The van der Waals surface area contributed by atoms with Crippen molar-refractivity contribution < 1.29 is 4.79 Å². The van der Waals surface area contributed by atoms with Crippen LogP contribution >= 0.6 is 23.2 Å². The molecule has 0 aliphatic carbocycles. The Balaban J connectivity index is 1.85. The molecule has 1 aromatic rings. The third-order valence-corrected chi connectivity index (χ3v) is 4.72. The fourth-order valence-corrected chi connectivity index (χ4v) is 2.90. The Labute approximate surface area is 130 Å². The van der Waals surface area contributed by atoms with E-state index >= 15 is 0 Å². The van der Waals surface area contributed by atoms with Gasteiger partial charge in [-0.05, 0) is 50.5 Å². The van der Waals surface area contributed by atoms with Crippen molar-refractivity contribution in [2.45, 2.75) is 19.8 Å². The topological polar surface area (TPSA) is 32.3 Å². The van der Waals surface area contributed by atoms with Gasteiger partial charge in [0.25, 0.3) is 5.91 Å². The van der Waals surface area contributed by atoms with E-state index in [0.29, 0.717) is 28.1 Å². The van der Waals surface area contributed by atoms with Gasteiger partial charge in [0.15, 0.2) is 0 Å². The predicted octanol–water partition coefficient (Wildman–Crippen LogP) is 3.46. The summed E-state index contributed by atoms with van der Waals surface area (Å²) >= 11 is 12.0. The smallest absolute Gasteiger partial charge is 0.252 e. The molecular weight excluding hydrogens is 295 g/mol. The Morgan fingerprint density at radius 1 is 1.35 bits per heavy atom. The molecular formula is C15H20Cl2N2O. The number of carbonyl (C=O) groups excluding carboxylic acids is 1. The van der Waals surface area contributed by atoms with Gasteiger partial charge in [-0.15, -0.1) is 0 Å². The molecule has 3 nitrogen and oxygen atoms in total. The molecule has 5 heteroatoms. The van der Waals surface area contributed by atoms with Gasteiger partial charge in [0.2, 0.25) is 0 Å². The van der Waals surface area contributed by atoms with Gasteiger partial charge >= 0.3 is 0 Å². The Morgan fingerprint density at radius 3 is 2.70 bits per heavy atom. The van der Waals surface area contributed by atoms with E-state index < -0.39 is 0 Å². The van der Waals surface area contributed by atoms with E-state index in [1.807, 2.05) is 0 Å². The van der Waals surface area contributed by atoms with Crippen LogP contribution in [0.4, 0.5) is 0 Å². The molecule has 1 N–H and O–H groups in total. The largest absolute Gasteiger partial charge is 0.352 e. The van der Waals surface area contributed by atoms with Crippen LogP contribution in [0.1, 0.15) is 30.1 Å². The lowest BCUT2D eigenvalue weighted by Crippen LogP contribution is -2.38. The Kier molecular flexibility index (Phi) is 5.70. The lowest BCUT2D eigenvalue weighted by molar-refractivity contribution is 0.0937. The number of nitrogens with zero attached hydrogens (tertiary/aromatic N) is 1. The Morgan fingerprint density at radius 2 is 2.05 bits per heavy atom. The van der Waals surface area contributed by atoms with Crippen molar-refractivity contribution in [1.29, 1.82) is 0 Å². The minimum Gasteiger partial charge on any atom is -0.352 e. The fourth-order valence-electron chi connectivity index (χ4n) is 2.52. The van der Waals surface area contributed by atoms with E-state index in [4.69, 9.17) is 23.2 Å². The molecule has 1 heterocycles. The first-order chi connectivity index (χ1) is 9.61. The van der Waals surface area contributed by atoms with Gasteiger partial charge in [0.05, 0.1) is 15.6 Å². The second-order valence-corrected chi connectivity index (χ2v) is 5.97. The second-order valence-electron chi connectivity index (χ2n) is 5.19. The first-order valence-electron chi connectivity index (χ1n) is 7.06. The first kappa shape index (κ1) is 15.6. The molecule has 1 aromatic carbocycles.